The summed E-state index contributed by atoms with van der Waals surface area (Å²) in [5.74, 6) is 1.10. The number of hydrogen-bond acceptors (Lipinski definition) is 6. The Kier molecular flexibility index (Phi) is 9.84. The van der Waals surface area contributed by atoms with E-state index >= 15 is 0 Å². The molecular formula is C36H37N3O5. The van der Waals surface area contributed by atoms with Gasteiger partial charge in [-0.3, -0.25) is 4.79 Å². The number of phenolic OH excluding ortho intramolecular Hbond substituents is 1. The number of phenols is 1. The fourth-order valence-corrected chi connectivity index (χ4v) is 5.41. The van der Waals surface area contributed by atoms with E-state index in [9.17, 15) is 9.90 Å². The maximum atomic E-state index is 12.5. The molecule has 1 heterocycles. The van der Waals surface area contributed by atoms with Gasteiger partial charge in [-0.15, -0.1) is 0 Å². The van der Waals surface area contributed by atoms with Crippen LogP contribution in [0, 0.1) is 0 Å². The first-order valence-electron chi connectivity index (χ1n) is 14.5. The Bertz CT molecular complexity index is 1710. The molecule has 0 unspecified atom stereocenters. The van der Waals surface area contributed by atoms with Crippen molar-refractivity contribution in [1.29, 1.82) is 0 Å². The number of benzene rings is 4. The molecule has 0 bridgehead atoms. The minimum atomic E-state index is -0.436. The van der Waals surface area contributed by atoms with Gasteiger partial charge in [-0.25, -0.2) is 0 Å². The molecule has 8 heteroatoms. The topological polar surface area (TPSA) is 107 Å². The van der Waals surface area contributed by atoms with E-state index in [1.165, 1.54) is 12.2 Å². The van der Waals surface area contributed by atoms with E-state index in [2.05, 4.69) is 33.4 Å². The van der Waals surface area contributed by atoms with Crippen LogP contribution in [0.4, 0.5) is 11.4 Å². The molecule has 44 heavy (non-hydrogen) atoms. The first kappa shape index (κ1) is 30.3. The molecule has 4 N–H and O–H groups in total. The van der Waals surface area contributed by atoms with Gasteiger partial charge in [0.25, 0.3) is 0 Å². The summed E-state index contributed by atoms with van der Waals surface area (Å²) in [4.78, 5) is 18.0. The van der Waals surface area contributed by atoms with Gasteiger partial charge in [-0.05, 0) is 72.0 Å². The molecule has 5 aromatic rings. The molecule has 0 spiro atoms. The van der Waals surface area contributed by atoms with Gasteiger partial charge in [0.15, 0.2) is 0 Å². The van der Waals surface area contributed by atoms with E-state index in [1.54, 1.807) is 20.3 Å². The summed E-state index contributed by atoms with van der Waals surface area (Å²) >= 11 is 0. The lowest BCUT2D eigenvalue weighted by molar-refractivity contribution is -0.112. The first-order valence-corrected chi connectivity index (χ1v) is 14.5. The summed E-state index contributed by atoms with van der Waals surface area (Å²) in [6.07, 6.45) is 5.79. The number of methoxy groups -OCH3 is 2. The maximum absolute atomic E-state index is 12.5. The van der Waals surface area contributed by atoms with Crippen LogP contribution in [0.3, 0.4) is 0 Å². The second-order valence-corrected chi connectivity index (χ2v) is 10.5. The van der Waals surface area contributed by atoms with Gasteiger partial charge in [0, 0.05) is 47.5 Å². The summed E-state index contributed by atoms with van der Waals surface area (Å²) in [5, 5.41) is 24.6. The maximum Gasteiger partial charge on any atom is 0.248 e. The molecular weight excluding hydrogens is 554 g/mol. The molecule has 0 aliphatic heterocycles. The molecule has 1 amide bonds. The van der Waals surface area contributed by atoms with Gasteiger partial charge < -0.3 is 34.9 Å². The van der Waals surface area contributed by atoms with E-state index in [0.717, 1.165) is 44.8 Å². The third-order valence-corrected chi connectivity index (χ3v) is 7.57. The van der Waals surface area contributed by atoms with E-state index in [4.69, 9.17) is 14.6 Å². The number of amides is 1. The van der Waals surface area contributed by atoms with Crippen LogP contribution < -0.4 is 19.7 Å². The van der Waals surface area contributed by atoms with Gasteiger partial charge in [0.2, 0.25) is 5.91 Å². The molecule has 0 aliphatic carbocycles. The zero-order valence-corrected chi connectivity index (χ0v) is 24.9. The van der Waals surface area contributed by atoms with Crippen molar-refractivity contribution in [3.63, 3.8) is 0 Å². The quantitative estimate of drug-likeness (QED) is 0.0937. The number of carbonyl (C=O) groups excluding carboxylic acids is 1. The molecule has 0 saturated carbocycles. The molecule has 4 aromatic carbocycles. The molecule has 0 atom stereocenters. The zero-order chi connectivity index (χ0) is 30.9. The summed E-state index contributed by atoms with van der Waals surface area (Å²) in [6, 6.07) is 27.7. The third-order valence-electron chi connectivity index (χ3n) is 7.57. The average Bonchev–Trinajstić information content (AvgIpc) is 3.47. The lowest BCUT2D eigenvalue weighted by Crippen LogP contribution is -2.24. The zero-order valence-electron chi connectivity index (χ0n) is 24.9. The SMILES string of the molecule is COc1cccc(CN(Cc2cccc(OC)c2)c2ccc(NC(=O)/C=C\CO)c(O)c2CCc2c[nH]c3ccccc23)c1. The number of nitrogens with one attached hydrogen (secondary N) is 2. The number of H-pyrrole nitrogens is 1. The lowest BCUT2D eigenvalue weighted by Gasteiger charge is -2.29. The van der Waals surface area contributed by atoms with Crippen LogP contribution in [0.5, 0.6) is 17.2 Å². The van der Waals surface area contributed by atoms with Gasteiger partial charge >= 0.3 is 0 Å². The fourth-order valence-electron chi connectivity index (χ4n) is 5.41. The molecule has 0 aliphatic rings. The average molecular weight is 592 g/mol. The van der Waals surface area contributed by atoms with Crippen molar-refractivity contribution in [2.75, 3.05) is 31.0 Å². The van der Waals surface area contributed by atoms with Crippen molar-refractivity contribution in [1.82, 2.24) is 4.98 Å². The summed E-state index contributed by atoms with van der Waals surface area (Å²) in [6.45, 7) is 0.829. The van der Waals surface area contributed by atoms with Crippen molar-refractivity contribution in [3.05, 3.63) is 126 Å². The number of aliphatic hydroxyl groups excluding tert-OH is 1. The standard InChI is InChI=1S/C36H37N3O5/c1-43-28-10-5-8-25(20-28)23-39(24-26-9-6-11-29(21-26)44-2)34-18-17-33(38-35(41)14-7-19-40)36(42)31(34)16-15-27-22-37-32-13-4-3-12-30(27)32/h3-14,17-18,20-22,37,40,42H,15-16,19,23-24H2,1-2H3,(H,38,41)/b14-7-. The van der Waals surface area contributed by atoms with Gasteiger partial charge in [-0.2, -0.15) is 0 Å². The number of rotatable bonds is 13. The van der Waals surface area contributed by atoms with Gasteiger partial charge in [-0.1, -0.05) is 48.5 Å². The number of ether oxygens (including phenoxy) is 2. The first-order chi connectivity index (χ1) is 21.5. The second kappa shape index (κ2) is 14.3. The van der Waals surface area contributed by atoms with Crippen LogP contribution in [0.25, 0.3) is 10.9 Å². The number of aromatic hydroxyl groups is 1. The monoisotopic (exact) mass is 591 g/mol. The largest absolute Gasteiger partial charge is 0.505 e. The van der Waals surface area contributed by atoms with Crippen LogP contribution in [-0.2, 0) is 30.7 Å². The van der Waals surface area contributed by atoms with E-state index in [1.807, 2.05) is 66.9 Å². The van der Waals surface area contributed by atoms with Gasteiger partial charge in [0.1, 0.15) is 17.2 Å². The van der Waals surface area contributed by atoms with Crippen LogP contribution in [0.15, 0.2) is 103 Å². The number of hydrogen-bond donors (Lipinski definition) is 4. The van der Waals surface area contributed by atoms with Crippen LogP contribution in [0.2, 0.25) is 0 Å². The highest BCUT2D eigenvalue weighted by Crippen LogP contribution is 2.38. The Morgan fingerprint density at radius 3 is 2.23 bits per heavy atom. The molecule has 0 fully saturated rings. The summed E-state index contributed by atoms with van der Waals surface area (Å²) in [5.41, 5.74) is 6.14. The molecule has 1 aromatic heterocycles. The number of aromatic amines is 1. The van der Waals surface area contributed by atoms with Crippen molar-refractivity contribution in [2.45, 2.75) is 25.9 Å². The minimum absolute atomic E-state index is 0.00868. The highest BCUT2D eigenvalue weighted by atomic mass is 16.5. The van der Waals surface area contributed by atoms with Crippen molar-refractivity contribution in [2.24, 2.45) is 0 Å². The molecule has 8 nitrogen and oxygen atoms in total. The highest BCUT2D eigenvalue weighted by Gasteiger charge is 2.20. The number of carbonyl (C=O) groups is 1. The molecule has 5 rings (SSSR count). The Morgan fingerprint density at radius 1 is 0.886 bits per heavy atom. The predicted octanol–water partition coefficient (Wildman–Crippen LogP) is 6.37. The number of para-hydroxylation sites is 1. The smallest absolute Gasteiger partial charge is 0.248 e. The van der Waals surface area contributed by atoms with Crippen molar-refractivity contribution >= 4 is 28.2 Å². The number of aliphatic hydroxyl groups is 1. The predicted molar refractivity (Wildman–Crippen MR) is 175 cm³/mol. The Morgan fingerprint density at radius 2 is 1.57 bits per heavy atom. The number of nitrogens with zero attached hydrogens (tertiary/aromatic N) is 1. The molecule has 0 saturated heterocycles. The van der Waals surface area contributed by atoms with Crippen LogP contribution in [0.1, 0.15) is 22.3 Å². The minimum Gasteiger partial charge on any atom is -0.505 e. The number of aryl methyl sites for hydroxylation is 1. The Balaban J connectivity index is 1.57. The molecule has 226 valence electrons. The third kappa shape index (κ3) is 7.22. The van der Waals surface area contributed by atoms with Crippen molar-refractivity contribution < 1.29 is 24.5 Å². The number of fused-ring (bicyclic) bond motifs is 1. The number of anilines is 2. The molecule has 0 radical (unpaired) electrons. The van der Waals surface area contributed by atoms with Crippen molar-refractivity contribution in [3.8, 4) is 17.2 Å². The van der Waals surface area contributed by atoms with Gasteiger partial charge in [0.05, 0.1) is 26.5 Å². The fraction of sp³-hybridized carbons (Fsp3) is 0.194. The normalized spacial score (nSPS) is 11.2. The summed E-state index contributed by atoms with van der Waals surface area (Å²) in [7, 11) is 3.30. The Hall–Kier alpha value is -5.21. The highest BCUT2D eigenvalue weighted by molar-refractivity contribution is 6.00. The number of aromatic nitrogens is 1. The summed E-state index contributed by atoms with van der Waals surface area (Å²) < 4.78 is 11.0. The van der Waals surface area contributed by atoms with Crippen LogP contribution in [-0.4, -0.2) is 41.9 Å². The lowest BCUT2D eigenvalue weighted by atomic mass is 9.99. The second-order valence-electron chi connectivity index (χ2n) is 10.5. The van der Waals surface area contributed by atoms with E-state index in [0.29, 0.717) is 37.2 Å². The van der Waals surface area contributed by atoms with E-state index in [-0.39, 0.29) is 12.4 Å². The Labute approximate surface area is 257 Å². The van der Waals surface area contributed by atoms with E-state index < -0.39 is 5.91 Å². The van der Waals surface area contributed by atoms with Crippen LogP contribution >= 0.6 is 0 Å².